The second-order valence-electron chi connectivity index (χ2n) is 5.02. The van der Waals surface area contributed by atoms with Crippen molar-refractivity contribution in [2.24, 2.45) is 5.73 Å². The number of hydrogen-bond acceptors (Lipinski definition) is 6. The molecule has 3 N–H and O–H groups in total. The van der Waals surface area contributed by atoms with Crippen LogP contribution in [0, 0.1) is 6.92 Å². The topological polar surface area (TPSA) is 98.0 Å². The number of anilines is 2. The summed E-state index contributed by atoms with van der Waals surface area (Å²) >= 11 is 7.33. The average molecular weight is 365 g/mol. The number of aromatic nitrogens is 2. The minimum atomic E-state index is -0.730. The Morgan fingerprint density at radius 3 is 2.62 bits per heavy atom. The lowest BCUT2D eigenvalue weighted by Gasteiger charge is -2.13. The normalized spacial score (nSPS) is 10.5. The molecule has 0 aliphatic carbocycles. The number of rotatable bonds is 6. The Morgan fingerprint density at radius 2 is 2.04 bits per heavy atom. The van der Waals surface area contributed by atoms with Crippen LogP contribution < -0.4 is 11.1 Å². The molecule has 8 heteroatoms. The Bertz CT molecular complexity index is 811. The molecule has 0 aliphatic rings. The van der Waals surface area contributed by atoms with E-state index >= 15 is 0 Å². The molecule has 0 fully saturated rings. The molecule has 0 aliphatic heterocycles. The molecule has 0 radical (unpaired) electrons. The molecule has 0 atom stereocenters. The van der Waals surface area contributed by atoms with E-state index in [1.807, 2.05) is 19.9 Å². The van der Waals surface area contributed by atoms with E-state index in [0.717, 1.165) is 5.56 Å². The van der Waals surface area contributed by atoms with Crippen molar-refractivity contribution < 1.29 is 9.59 Å². The van der Waals surface area contributed by atoms with Crippen LogP contribution in [-0.4, -0.2) is 27.9 Å². The molecule has 126 valence electrons. The number of amides is 1. The van der Waals surface area contributed by atoms with Gasteiger partial charge in [-0.15, -0.1) is 0 Å². The highest BCUT2D eigenvalue weighted by Crippen LogP contribution is 2.27. The molecule has 24 heavy (non-hydrogen) atoms. The summed E-state index contributed by atoms with van der Waals surface area (Å²) in [6.07, 6.45) is 2.20. The molecule has 6 nitrogen and oxygen atoms in total. The van der Waals surface area contributed by atoms with Crippen LogP contribution in [0.5, 0.6) is 0 Å². The van der Waals surface area contributed by atoms with Gasteiger partial charge in [-0.1, -0.05) is 36.4 Å². The molecular formula is C16H17ClN4O2S. The standard InChI is InChI=1S/C16H17ClN4O2S/c1-4-11(22)10-7-9(6-5-8(10)2)19-15-12(14(18)23)13(17)20-16(21-15)24-3/h5-7H,4H2,1-3H3,(H2,18,23)(H,19,20,21). The van der Waals surface area contributed by atoms with Gasteiger partial charge in [0, 0.05) is 17.7 Å². The van der Waals surface area contributed by atoms with Gasteiger partial charge < -0.3 is 11.1 Å². The maximum atomic E-state index is 12.0. The summed E-state index contributed by atoms with van der Waals surface area (Å²) in [6, 6.07) is 5.34. The quantitative estimate of drug-likeness (QED) is 0.352. The van der Waals surface area contributed by atoms with Crippen molar-refractivity contribution >= 4 is 46.6 Å². The first-order chi connectivity index (χ1) is 11.4. The van der Waals surface area contributed by atoms with Crippen molar-refractivity contribution in [1.29, 1.82) is 0 Å². The Morgan fingerprint density at radius 1 is 1.33 bits per heavy atom. The third kappa shape index (κ3) is 3.85. The van der Waals surface area contributed by atoms with Crippen molar-refractivity contribution in [3.05, 3.63) is 40.0 Å². The summed E-state index contributed by atoms with van der Waals surface area (Å²) in [5.41, 5.74) is 7.51. The van der Waals surface area contributed by atoms with Crippen LogP contribution in [0.1, 0.15) is 39.6 Å². The third-order valence-electron chi connectivity index (χ3n) is 3.40. The SMILES string of the molecule is CCC(=O)c1cc(Nc2nc(SC)nc(Cl)c2C(N)=O)ccc1C. The number of benzene rings is 1. The minimum absolute atomic E-state index is 0.0124. The van der Waals surface area contributed by atoms with E-state index < -0.39 is 5.91 Å². The highest BCUT2D eigenvalue weighted by Gasteiger charge is 2.18. The summed E-state index contributed by atoms with van der Waals surface area (Å²) in [5, 5.41) is 3.41. The third-order valence-corrected chi connectivity index (χ3v) is 4.22. The van der Waals surface area contributed by atoms with Gasteiger partial charge in [0.05, 0.1) is 0 Å². The molecule has 0 bridgehead atoms. The zero-order valence-electron chi connectivity index (χ0n) is 13.5. The fourth-order valence-electron chi connectivity index (χ4n) is 2.14. The summed E-state index contributed by atoms with van der Waals surface area (Å²) in [7, 11) is 0. The zero-order chi connectivity index (χ0) is 17.9. The second-order valence-corrected chi connectivity index (χ2v) is 6.15. The fraction of sp³-hybridized carbons (Fsp3) is 0.250. The van der Waals surface area contributed by atoms with Gasteiger partial charge in [-0.25, -0.2) is 9.97 Å². The number of primary amides is 1. The zero-order valence-corrected chi connectivity index (χ0v) is 15.1. The molecular weight excluding hydrogens is 348 g/mol. The largest absolute Gasteiger partial charge is 0.365 e. The predicted octanol–water partition coefficient (Wildman–Crippen LogP) is 3.60. The molecule has 1 aromatic carbocycles. The maximum Gasteiger partial charge on any atom is 0.255 e. The van der Waals surface area contributed by atoms with E-state index in [4.69, 9.17) is 17.3 Å². The van der Waals surface area contributed by atoms with Crippen molar-refractivity contribution in [3.63, 3.8) is 0 Å². The van der Waals surface area contributed by atoms with Crippen LogP contribution in [0.3, 0.4) is 0 Å². The molecule has 0 spiro atoms. The highest BCUT2D eigenvalue weighted by atomic mass is 35.5. The molecule has 2 rings (SSSR count). The number of thioether (sulfide) groups is 1. The first kappa shape index (κ1) is 18.2. The smallest absolute Gasteiger partial charge is 0.255 e. The van der Waals surface area contributed by atoms with Crippen LogP contribution >= 0.6 is 23.4 Å². The maximum absolute atomic E-state index is 12.0. The number of halogens is 1. The lowest BCUT2D eigenvalue weighted by molar-refractivity contribution is 0.0983. The number of hydrogen-bond donors (Lipinski definition) is 2. The lowest BCUT2D eigenvalue weighted by atomic mass is 10.0. The monoisotopic (exact) mass is 364 g/mol. The van der Waals surface area contributed by atoms with E-state index in [1.54, 1.807) is 18.4 Å². The van der Waals surface area contributed by atoms with E-state index in [0.29, 0.717) is 22.8 Å². The molecule has 1 aromatic heterocycles. The summed E-state index contributed by atoms with van der Waals surface area (Å²) in [6.45, 7) is 3.68. The Labute approximate surface area is 149 Å². The first-order valence-electron chi connectivity index (χ1n) is 7.19. The van der Waals surface area contributed by atoms with Crippen molar-refractivity contribution in [3.8, 4) is 0 Å². The van der Waals surface area contributed by atoms with E-state index in [9.17, 15) is 9.59 Å². The van der Waals surface area contributed by atoms with Gasteiger partial charge in [0.25, 0.3) is 5.91 Å². The van der Waals surface area contributed by atoms with Gasteiger partial charge in [-0.05, 0) is 30.9 Å². The van der Waals surface area contributed by atoms with Crippen molar-refractivity contribution in [2.75, 3.05) is 11.6 Å². The van der Waals surface area contributed by atoms with Crippen LogP contribution in [0.25, 0.3) is 0 Å². The van der Waals surface area contributed by atoms with Crippen LogP contribution in [0.15, 0.2) is 23.4 Å². The molecule has 0 saturated carbocycles. The Hall–Kier alpha value is -2.12. The Kier molecular flexibility index (Phi) is 5.80. The minimum Gasteiger partial charge on any atom is -0.365 e. The Balaban J connectivity index is 2.49. The van der Waals surface area contributed by atoms with Crippen molar-refractivity contribution in [2.45, 2.75) is 25.4 Å². The van der Waals surface area contributed by atoms with Crippen LogP contribution in [0.2, 0.25) is 5.15 Å². The number of nitrogens with one attached hydrogen (secondary N) is 1. The molecule has 0 unspecified atom stereocenters. The van der Waals surface area contributed by atoms with Crippen LogP contribution in [-0.2, 0) is 0 Å². The van der Waals surface area contributed by atoms with E-state index in [-0.39, 0.29) is 22.3 Å². The predicted molar refractivity (Wildman–Crippen MR) is 96.4 cm³/mol. The number of carbonyl (C=O) groups is 2. The highest BCUT2D eigenvalue weighted by molar-refractivity contribution is 7.98. The number of carbonyl (C=O) groups excluding carboxylic acids is 2. The van der Waals surface area contributed by atoms with E-state index in [1.165, 1.54) is 11.8 Å². The van der Waals surface area contributed by atoms with Gasteiger partial charge >= 0.3 is 0 Å². The van der Waals surface area contributed by atoms with Gasteiger partial charge in [-0.2, -0.15) is 0 Å². The second kappa shape index (κ2) is 7.63. The van der Waals surface area contributed by atoms with E-state index in [2.05, 4.69) is 15.3 Å². The molecule has 2 aromatic rings. The van der Waals surface area contributed by atoms with Gasteiger partial charge in [0.1, 0.15) is 16.5 Å². The summed E-state index contributed by atoms with van der Waals surface area (Å²) < 4.78 is 0. The van der Waals surface area contributed by atoms with Gasteiger partial charge in [-0.3, -0.25) is 9.59 Å². The number of aryl methyl sites for hydroxylation is 1. The van der Waals surface area contributed by atoms with Crippen LogP contribution in [0.4, 0.5) is 11.5 Å². The first-order valence-corrected chi connectivity index (χ1v) is 8.79. The summed E-state index contributed by atoms with van der Waals surface area (Å²) in [5.74, 6) is -0.477. The molecule has 1 amide bonds. The summed E-state index contributed by atoms with van der Waals surface area (Å²) in [4.78, 5) is 31.9. The van der Waals surface area contributed by atoms with Gasteiger partial charge in [0.15, 0.2) is 10.9 Å². The number of ketones is 1. The van der Waals surface area contributed by atoms with Crippen molar-refractivity contribution in [1.82, 2.24) is 9.97 Å². The molecule has 1 heterocycles. The van der Waals surface area contributed by atoms with Gasteiger partial charge in [0.2, 0.25) is 0 Å². The lowest BCUT2D eigenvalue weighted by Crippen LogP contribution is -2.16. The number of nitrogens with two attached hydrogens (primary N) is 1. The number of Topliss-reactive ketones (excluding diaryl/α,β-unsaturated/α-hetero) is 1. The fourth-order valence-corrected chi connectivity index (χ4v) is 2.82. The number of nitrogens with zero attached hydrogens (tertiary/aromatic N) is 2. The molecule has 0 saturated heterocycles. The average Bonchev–Trinajstić information content (AvgIpc) is 2.54.